The van der Waals surface area contributed by atoms with Gasteiger partial charge in [0.25, 0.3) is 0 Å². The molecule has 0 amide bonds. The highest BCUT2D eigenvalue weighted by Crippen LogP contribution is 2.24. The summed E-state index contributed by atoms with van der Waals surface area (Å²) in [6.45, 7) is 11.5. The second-order valence-electron chi connectivity index (χ2n) is 5.45. The van der Waals surface area contributed by atoms with Crippen LogP contribution in [0.15, 0.2) is 0 Å². The molecule has 0 saturated carbocycles. The van der Waals surface area contributed by atoms with Gasteiger partial charge in [-0.05, 0) is 54.0 Å². The maximum absolute atomic E-state index is 5.96. The summed E-state index contributed by atoms with van der Waals surface area (Å²) < 4.78 is 0. The van der Waals surface area contributed by atoms with Crippen LogP contribution >= 0.6 is 11.3 Å². The molecule has 0 aliphatic rings. The first kappa shape index (κ1) is 14.6. The summed E-state index contributed by atoms with van der Waals surface area (Å²) >= 11 is 1.79. The van der Waals surface area contributed by atoms with Gasteiger partial charge in [-0.3, -0.25) is 0 Å². The van der Waals surface area contributed by atoms with E-state index in [9.17, 15) is 0 Å². The maximum Gasteiger partial charge on any atom is 0.0900 e. The number of hydrogen-bond acceptors (Lipinski definition) is 4. The number of nitrogens with zero attached hydrogens (tertiary/aromatic N) is 1. The highest BCUT2D eigenvalue weighted by Gasteiger charge is 2.13. The Hall–Kier alpha value is -0.450. The lowest BCUT2D eigenvalue weighted by Crippen LogP contribution is -2.33. The fraction of sp³-hybridized carbons (Fsp3) is 0.769. The van der Waals surface area contributed by atoms with Gasteiger partial charge >= 0.3 is 0 Å². The van der Waals surface area contributed by atoms with Gasteiger partial charge in [0.15, 0.2) is 0 Å². The van der Waals surface area contributed by atoms with E-state index in [1.807, 2.05) is 0 Å². The standard InChI is InChI=1S/C13H25N3S/c1-9(12-10(2)16-11(3)17-12)15-8-6-7-13(4,5)14/h9,15H,6-8,14H2,1-5H3. The monoisotopic (exact) mass is 255 g/mol. The molecule has 1 rings (SSSR count). The molecule has 1 atom stereocenters. The van der Waals surface area contributed by atoms with Crippen LogP contribution in [0.25, 0.3) is 0 Å². The van der Waals surface area contributed by atoms with Gasteiger partial charge in [0.1, 0.15) is 0 Å². The molecule has 1 unspecified atom stereocenters. The molecule has 98 valence electrons. The van der Waals surface area contributed by atoms with Crippen LogP contribution in [0.4, 0.5) is 0 Å². The first-order chi connectivity index (χ1) is 7.79. The van der Waals surface area contributed by atoms with Gasteiger partial charge in [-0.25, -0.2) is 4.98 Å². The van der Waals surface area contributed by atoms with Crippen molar-refractivity contribution in [3.63, 3.8) is 0 Å². The van der Waals surface area contributed by atoms with Crippen LogP contribution in [-0.2, 0) is 0 Å². The number of nitrogens with one attached hydrogen (secondary N) is 1. The van der Waals surface area contributed by atoms with E-state index >= 15 is 0 Å². The lowest BCUT2D eigenvalue weighted by Gasteiger charge is -2.19. The first-order valence-corrected chi connectivity index (χ1v) is 7.07. The van der Waals surface area contributed by atoms with Crippen LogP contribution in [-0.4, -0.2) is 17.1 Å². The minimum Gasteiger partial charge on any atom is -0.326 e. The van der Waals surface area contributed by atoms with Gasteiger partial charge in [0, 0.05) is 16.5 Å². The highest BCUT2D eigenvalue weighted by molar-refractivity contribution is 7.11. The summed E-state index contributed by atoms with van der Waals surface area (Å²) in [6.07, 6.45) is 2.16. The summed E-state index contributed by atoms with van der Waals surface area (Å²) in [5, 5.41) is 4.69. The molecular formula is C13H25N3S. The van der Waals surface area contributed by atoms with Crippen LogP contribution in [0.1, 0.15) is 55.2 Å². The molecule has 0 saturated heterocycles. The largest absolute Gasteiger partial charge is 0.326 e. The third-order valence-electron chi connectivity index (χ3n) is 2.78. The van der Waals surface area contributed by atoms with E-state index < -0.39 is 0 Å². The van der Waals surface area contributed by atoms with Crippen LogP contribution in [0, 0.1) is 13.8 Å². The summed E-state index contributed by atoms with van der Waals surface area (Å²) in [7, 11) is 0. The van der Waals surface area contributed by atoms with Gasteiger partial charge in [0.2, 0.25) is 0 Å². The second kappa shape index (κ2) is 5.94. The van der Waals surface area contributed by atoms with Gasteiger partial charge < -0.3 is 11.1 Å². The summed E-state index contributed by atoms with van der Waals surface area (Å²) in [5.74, 6) is 0. The number of aromatic nitrogens is 1. The van der Waals surface area contributed by atoms with E-state index in [2.05, 4.69) is 44.9 Å². The Bertz CT molecular complexity index is 352. The Kier molecular flexibility index (Phi) is 5.10. The van der Waals surface area contributed by atoms with E-state index in [0.717, 1.165) is 30.1 Å². The molecule has 1 heterocycles. The number of nitrogens with two attached hydrogens (primary N) is 1. The molecule has 1 aromatic heterocycles. The van der Waals surface area contributed by atoms with Gasteiger partial charge in [-0.15, -0.1) is 11.3 Å². The number of aryl methyl sites for hydroxylation is 2. The van der Waals surface area contributed by atoms with Crippen molar-refractivity contribution in [3.8, 4) is 0 Å². The van der Waals surface area contributed by atoms with Crippen molar-refractivity contribution in [1.29, 1.82) is 0 Å². The minimum absolute atomic E-state index is 0.0537. The van der Waals surface area contributed by atoms with Crippen molar-refractivity contribution in [1.82, 2.24) is 10.3 Å². The second-order valence-corrected chi connectivity index (χ2v) is 6.69. The molecule has 0 spiro atoms. The predicted octanol–water partition coefficient (Wildman–Crippen LogP) is 2.93. The van der Waals surface area contributed by atoms with Crippen molar-refractivity contribution < 1.29 is 0 Å². The van der Waals surface area contributed by atoms with Crippen molar-refractivity contribution in [2.75, 3.05) is 6.54 Å². The fourth-order valence-electron chi connectivity index (χ4n) is 1.90. The Labute approximate surface area is 109 Å². The molecule has 3 nitrogen and oxygen atoms in total. The molecular weight excluding hydrogens is 230 g/mol. The first-order valence-electron chi connectivity index (χ1n) is 6.26. The molecule has 0 bridgehead atoms. The van der Waals surface area contributed by atoms with Crippen LogP contribution in [0.2, 0.25) is 0 Å². The van der Waals surface area contributed by atoms with Crippen LogP contribution in [0.5, 0.6) is 0 Å². The number of thiazole rings is 1. The third kappa shape index (κ3) is 5.15. The van der Waals surface area contributed by atoms with E-state index in [-0.39, 0.29) is 5.54 Å². The molecule has 0 radical (unpaired) electrons. The van der Waals surface area contributed by atoms with E-state index in [1.54, 1.807) is 11.3 Å². The topological polar surface area (TPSA) is 50.9 Å². The van der Waals surface area contributed by atoms with Crippen molar-refractivity contribution in [2.45, 2.75) is 59.0 Å². The van der Waals surface area contributed by atoms with Crippen LogP contribution < -0.4 is 11.1 Å². The zero-order chi connectivity index (χ0) is 13.1. The van der Waals surface area contributed by atoms with Gasteiger partial charge in [-0.1, -0.05) is 0 Å². The predicted molar refractivity (Wildman–Crippen MR) is 75.5 cm³/mol. The summed E-state index contributed by atoms with van der Waals surface area (Å²) in [4.78, 5) is 5.81. The zero-order valence-corrected chi connectivity index (χ0v) is 12.4. The van der Waals surface area contributed by atoms with Crippen molar-refractivity contribution in [3.05, 3.63) is 15.6 Å². The molecule has 0 fully saturated rings. The Morgan fingerprint density at radius 1 is 1.41 bits per heavy atom. The Morgan fingerprint density at radius 3 is 2.53 bits per heavy atom. The lowest BCUT2D eigenvalue weighted by atomic mass is 10.0. The van der Waals surface area contributed by atoms with E-state index in [1.165, 1.54) is 4.88 Å². The van der Waals surface area contributed by atoms with Gasteiger partial charge in [-0.2, -0.15) is 0 Å². The van der Waals surface area contributed by atoms with E-state index in [4.69, 9.17) is 5.73 Å². The van der Waals surface area contributed by atoms with Crippen molar-refractivity contribution in [2.24, 2.45) is 5.73 Å². The van der Waals surface area contributed by atoms with Crippen LogP contribution in [0.3, 0.4) is 0 Å². The molecule has 0 aliphatic heterocycles. The Morgan fingerprint density at radius 2 is 2.06 bits per heavy atom. The molecule has 1 aromatic rings. The van der Waals surface area contributed by atoms with Gasteiger partial charge in [0.05, 0.1) is 10.7 Å². The third-order valence-corrected chi connectivity index (χ3v) is 4.04. The molecule has 3 N–H and O–H groups in total. The average molecular weight is 255 g/mol. The number of hydrogen-bond donors (Lipinski definition) is 2. The molecule has 17 heavy (non-hydrogen) atoms. The lowest BCUT2D eigenvalue weighted by molar-refractivity contribution is 0.438. The minimum atomic E-state index is -0.0537. The quantitative estimate of drug-likeness (QED) is 0.768. The average Bonchev–Trinajstić information content (AvgIpc) is 2.51. The molecule has 4 heteroatoms. The van der Waals surface area contributed by atoms with Crippen molar-refractivity contribution >= 4 is 11.3 Å². The fourth-order valence-corrected chi connectivity index (χ4v) is 2.86. The maximum atomic E-state index is 5.96. The normalized spacial score (nSPS) is 14.0. The molecule has 0 aromatic carbocycles. The van der Waals surface area contributed by atoms with E-state index in [0.29, 0.717) is 6.04 Å². The summed E-state index contributed by atoms with van der Waals surface area (Å²) in [5.41, 5.74) is 7.06. The molecule has 0 aliphatic carbocycles. The summed E-state index contributed by atoms with van der Waals surface area (Å²) in [6, 6.07) is 0.391. The number of rotatable bonds is 6. The SMILES string of the molecule is Cc1nc(C)c(C(C)NCCCC(C)(C)N)s1. The zero-order valence-electron chi connectivity index (χ0n) is 11.6. The highest BCUT2D eigenvalue weighted by atomic mass is 32.1. The smallest absolute Gasteiger partial charge is 0.0900 e. The Balaban J connectivity index is 2.35.